The molecule has 0 atom stereocenters. The third-order valence-electron chi connectivity index (χ3n) is 4.40. The first-order chi connectivity index (χ1) is 10.0. The summed E-state index contributed by atoms with van der Waals surface area (Å²) in [5, 5.41) is 15.2. The monoisotopic (exact) mass is 286 g/mol. The molecular weight excluding hydrogens is 268 g/mol. The van der Waals surface area contributed by atoms with Gasteiger partial charge in [-0.05, 0) is 43.0 Å². The molecule has 1 aliphatic carbocycles. The van der Waals surface area contributed by atoms with Crippen LogP contribution in [0.4, 0.5) is 5.69 Å². The second-order valence-corrected chi connectivity index (χ2v) is 5.75. The zero-order valence-corrected chi connectivity index (χ0v) is 11.9. The lowest BCUT2D eigenvalue weighted by atomic mass is 9.96. The molecule has 3 N–H and O–H groups in total. The number of anilines is 1. The summed E-state index contributed by atoms with van der Waals surface area (Å²) in [6.45, 7) is 3.38. The lowest BCUT2D eigenvalue weighted by molar-refractivity contribution is -0.140. The Morgan fingerprint density at radius 2 is 1.81 bits per heavy atom. The number of hydrogen-bond donors (Lipinski definition) is 3. The number of hydrogen-bond acceptors (Lipinski definition) is 3. The van der Waals surface area contributed by atoms with E-state index in [0.717, 1.165) is 29.8 Å². The van der Waals surface area contributed by atoms with Crippen LogP contribution in [-0.2, 0) is 15.0 Å². The highest BCUT2D eigenvalue weighted by Crippen LogP contribution is 2.48. The number of carboxylic acid groups (broad SMARTS) is 1. The highest BCUT2D eigenvalue weighted by Gasteiger charge is 2.51. The summed E-state index contributed by atoms with van der Waals surface area (Å²) in [5.41, 5.74) is 2.69. The number of aliphatic carboxylic acids is 1. The summed E-state index contributed by atoms with van der Waals surface area (Å²) >= 11 is 0. The topological polar surface area (TPSA) is 78.4 Å². The van der Waals surface area contributed by atoms with Crippen molar-refractivity contribution in [2.24, 2.45) is 0 Å². The summed E-state index contributed by atoms with van der Waals surface area (Å²) in [6.07, 6.45) is 1.37. The van der Waals surface area contributed by atoms with Crippen LogP contribution in [-0.4, -0.2) is 30.1 Å². The standard InChI is InChI=1S/C16H18N2O3/c1-10(11-8-17-9-11)14(19)18-13-4-2-12(3-5-13)16(6-7-16)15(20)21/h2-5,17H,6-9H2,1H3,(H,18,19)(H,20,21). The Morgan fingerprint density at radius 3 is 2.24 bits per heavy atom. The van der Waals surface area contributed by atoms with Crippen LogP contribution in [0.15, 0.2) is 35.4 Å². The maximum atomic E-state index is 12.1. The van der Waals surface area contributed by atoms with Gasteiger partial charge in [-0.25, -0.2) is 0 Å². The second kappa shape index (κ2) is 5.00. The third-order valence-corrected chi connectivity index (χ3v) is 4.40. The molecular formula is C16H18N2O3. The summed E-state index contributed by atoms with van der Waals surface area (Å²) < 4.78 is 0. The second-order valence-electron chi connectivity index (χ2n) is 5.75. The van der Waals surface area contributed by atoms with E-state index < -0.39 is 11.4 Å². The van der Waals surface area contributed by atoms with Crippen LogP contribution in [0, 0.1) is 0 Å². The Hall–Kier alpha value is -2.14. The SMILES string of the molecule is CC(C(=O)Nc1ccc(C2(C(=O)O)CC2)cc1)=C1CNC1. The van der Waals surface area contributed by atoms with E-state index in [9.17, 15) is 14.7 Å². The Bertz CT molecular complexity index is 621. The van der Waals surface area contributed by atoms with Gasteiger partial charge in [0, 0.05) is 24.4 Å². The van der Waals surface area contributed by atoms with Gasteiger partial charge in [-0.2, -0.15) is 0 Å². The van der Waals surface area contributed by atoms with Crippen molar-refractivity contribution >= 4 is 17.6 Å². The number of nitrogens with one attached hydrogen (secondary N) is 2. The quantitative estimate of drug-likeness (QED) is 0.736. The molecule has 5 nitrogen and oxygen atoms in total. The van der Waals surface area contributed by atoms with Gasteiger partial charge in [0.1, 0.15) is 0 Å². The average molecular weight is 286 g/mol. The number of carbonyl (C=O) groups excluding carboxylic acids is 1. The Balaban J connectivity index is 1.71. The lowest BCUT2D eigenvalue weighted by Gasteiger charge is -2.21. The number of benzene rings is 1. The fourth-order valence-electron chi connectivity index (χ4n) is 2.52. The molecule has 0 aromatic heterocycles. The van der Waals surface area contributed by atoms with Crippen molar-refractivity contribution in [1.82, 2.24) is 5.32 Å². The van der Waals surface area contributed by atoms with Gasteiger partial charge in [0.05, 0.1) is 5.41 Å². The molecule has 21 heavy (non-hydrogen) atoms. The fourth-order valence-corrected chi connectivity index (χ4v) is 2.52. The Labute approximate surface area is 123 Å². The smallest absolute Gasteiger partial charge is 0.314 e. The van der Waals surface area contributed by atoms with E-state index in [2.05, 4.69) is 10.6 Å². The van der Waals surface area contributed by atoms with Crippen molar-refractivity contribution in [3.63, 3.8) is 0 Å². The maximum Gasteiger partial charge on any atom is 0.314 e. The van der Waals surface area contributed by atoms with Crippen molar-refractivity contribution in [1.29, 1.82) is 0 Å². The van der Waals surface area contributed by atoms with E-state index in [-0.39, 0.29) is 5.91 Å². The van der Waals surface area contributed by atoms with Crippen LogP contribution in [0.2, 0.25) is 0 Å². The molecule has 1 heterocycles. The molecule has 1 amide bonds. The maximum absolute atomic E-state index is 12.1. The first-order valence-corrected chi connectivity index (χ1v) is 7.07. The molecule has 2 aliphatic rings. The number of carbonyl (C=O) groups is 2. The number of rotatable bonds is 4. The van der Waals surface area contributed by atoms with E-state index in [1.165, 1.54) is 0 Å². The van der Waals surface area contributed by atoms with E-state index in [1.54, 1.807) is 24.3 Å². The minimum Gasteiger partial charge on any atom is -0.481 e. The van der Waals surface area contributed by atoms with Gasteiger partial charge >= 0.3 is 5.97 Å². The zero-order chi connectivity index (χ0) is 15.0. The normalized spacial score (nSPS) is 18.6. The van der Waals surface area contributed by atoms with E-state index in [1.807, 2.05) is 6.92 Å². The van der Waals surface area contributed by atoms with Gasteiger partial charge in [0.2, 0.25) is 0 Å². The van der Waals surface area contributed by atoms with Crippen molar-refractivity contribution < 1.29 is 14.7 Å². The molecule has 3 rings (SSSR count). The van der Waals surface area contributed by atoms with Gasteiger partial charge < -0.3 is 15.7 Å². The molecule has 110 valence electrons. The number of amides is 1. The molecule has 0 bridgehead atoms. The molecule has 1 aromatic rings. The zero-order valence-electron chi connectivity index (χ0n) is 11.9. The van der Waals surface area contributed by atoms with Gasteiger partial charge in [-0.15, -0.1) is 0 Å². The van der Waals surface area contributed by atoms with Crippen molar-refractivity contribution in [3.8, 4) is 0 Å². The molecule has 1 saturated carbocycles. The van der Waals surface area contributed by atoms with Crippen LogP contribution < -0.4 is 10.6 Å². The molecule has 1 aliphatic heterocycles. The van der Waals surface area contributed by atoms with Gasteiger partial charge in [-0.3, -0.25) is 9.59 Å². The first-order valence-electron chi connectivity index (χ1n) is 7.07. The van der Waals surface area contributed by atoms with Crippen molar-refractivity contribution in [2.45, 2.75) is 25.2 Å². The molecule has 0 spiro atoms. The summed E-state index contributed by atoms with van der Waals surface area (Å²) in [6, 6.07) is 7.13. The molecule has 1 aromatic carbocycles. The molecule has 2 fully saturated rings. The largest absolute Gasteiger partial charge is 0.481 e. The van der Waals surface area contributed by atoms with Crippen molar-refractivity contribution in [2.75, 3.05) is 18.4 Å². The predicted octanol–water partition coefficient (Wildman–Crippen LogP) is 1.66. The summed E-state index contributed by atoms with van der Waals surface area (Å²) in [4.78, 5) is 23.3. The minimum absolute atomic E-state index is 0.0985. The molecule has 0 radical (unpaired) electrons. The molecule has 0 unspecified atom stereocenters. The van der Waals surface area contributed by atoms with E-state index in [0.29, 0.717) is 18.5 Å². The summed E-state index contributed by atoms with van der Waals surface area (Å²) in [7, 11) is 0. The molecule has 1 saturated heterocycles. The fraction of sp³-hybridized carbons (Fsp3) is 0.375. The van der Waals surface area contributed by atoms with Crippen LogP contribution in [0.3, 0.4) is 0 Å². The molecule has 5 heteroatoms. The average Bonchev–Trinajstić information content (AvgIpc) is 3.19. The van der Waals surface area contributed by atoms with Gasteiger partial charge in [-0.1, -0.05) is 12.1 Å². The highest BCUT2D eigenvalue weighted by atomic mass is 16.4. The third kappa shape index (κ3) is 2.45. The Morgan fingerprint density at radius 1 is 1.19 bits per heavy atom. The first kappa shape index (κ1) is 13.8. The minimum atomic E-state index is -0.766. The highest BCUT2D eigenvalue weighted by molar-refractivity contribution is 6.04. The number of carboxylic acids is 1. The van der Waals surface area contributed by atoms with Crippen LogP contribution in [0.1, 0.15) is 25.3 Å². The van der Waals surface area contributed by atoms with Crippen LogP contribution in [0.25, 0.3) is 0 Å². The Kier molecular flexibility index (Phi) is 3.29. The van der Waals surface area contributed by atoms with Gasteiger partial charge in [0.25, 0.3) is 5.91 Å². The van der Waals surface area contributed by atoms with E-state index >= 15 is 0 Å². The van der Waals surface area contributed by atoms with Crippen LogP contribution in [0.5, 0.6) is 0 Å². The van der Waals surface area contributed by atoms with Crippen molar-refractivity contribution in [3.05, 3.63) is 41.0 Å². The predicted molar refractivity (Wildman–Crippen MR) is 79.2 cm³/mol. The van der Waals surface area contributed by atoms with Crippen LogP contribution >= 0.6 is 0 Å². The van der Waals surface area contributed by atoms with Gasteiger partial charge in [0.15, 0.2) is 0 Å². The summed E-state index contributed by atoms with van der Waals surface area (Å²) in [5.74, 6) is -0.865. The lowest BCUT2D eigenvalue weighted by Crippen LogP contribution is -2.36. The van der Waals surface area contributed by atoms with E-state index in [4.69, 9.17) is 0 Å².